The van der Waals surface area contributed by atoms with E-state index in [0.29, 0.717) is 29.9 Å². The molecule has 2 bridgehead atoms. The fourth-order valence-electron chi connectivity index (χ4n) is 5.42. The van der Waals surface area contributed by atoms with Crippen LogP contribution in [0, 0.1) is 23.6 Å². The van der Waals surface area contributed by atoms with Crippen LogP contribution >= 0.6 is 0 Å². The summed E-state index contributed by atoms with van der Waals surface area (Å²) >= 11 is 0. The van der Waals surface area contributed by atoms with E-state index in [0.717, 1.165) is 6.07 Å². The van der Waals surface area contributed by atoms with Crippen molar-refractivity contribution in [3.05, 3.63) is 71.1 Å². The van der Waals surface area contributed by atoms with Gasteiger partial charge in [-0.2, -0.15) is 26.3 Å². The molecule has 1 amide bonds. The minimum atomic E-state index is -5.01. The van der Waals surface area contributed by atoms with Gasteiger partial charge >= 0.3 is 12.4 Å². The van der Waals surface area contributed by atoms with Gasteiger partial charge in [0.25, 0.3) is 0 Å². The van der Waals surface area contributed by atoms with Gasteiger partial charge in [-0.1, -0.05) is 23.8 Å². The highest BCUT2D eigenvalue weighted by Crippen LogP contribution is 2.54. The third kappa shape index (κ3) is 5.59. The normalized spacial score (nSPS) is 25.4. The molecule has 2 aromatic rings. The first-order chi connectivity index (χ1) is 17.3. The number of methoxy groups -OCH3 is 1. The quantitative estimate of drug-likeness (QED) is 0.258. The molecule has 5 atom stereocenters. The van der Waals surface area contributed by atoms with Gasteiger partial charge in [0.15, 0.2) is 0 Å². The molecule has 0 radical (unpaired) electrons. The summed E-state index contributed by atoms with van der Waals surface area (Å²) in [5.74, 6) is -4.80. The number of halogens is 7. The van der Waals surface area contributed by atoms with Crippen LogP contribution in [0.25, 0.3) is 0 Å². The van der Waals surface area contributed by atoms with E-state index in [1.807, 2.05) is 0 Å². The molecule has 4 unspecified atom stereocenters. The molecule has 12 heteroatoms. The molecule has 2 aliphatic carbocycles. The molecule has 200 valence electrons. The summed E-state index contributed by atoms with van der Waals surface area (Å²) in [6, 6.07) is 7.35. The molecule has 0 spiro atoms. The summed E-state index contributed by atoms with van der Waals surface area (Å²) in [4.78, 5) is 13.3. The highest BCUT2D eigenvalue weighted by atomic mass is 19.4. The number of benzene rings is 2. The van der Waals surface area contributed by atoms with E-state index in [4.69, 9.17) is 4.74 Å². The average Bonchev–Trinajstić information content (AvgIpc) is 3.32. The van der Waals surface area contributed by atoms with Crippen LogP contribution in [0.5, 0.6) is 5.75 Å². The molecule has 4 rings (SSSR count). The molecule has 37 heavy (non-hydrogen) atoms. The molecule has 5 nitrogen and oxygen atoms in total. The number of ether oxygens (including phenoxy) is 1. The smallest absolute Gasteiger partial charge is 0.419 e. The standard InChI is InChI=1S/C25H23F7N2O3/c1-37-19-5-3-2-4-15(19)22(35)34-21-14-8-7-13(16(14)11-24(27,28)29)20(21)23(36)33-12-6-9-18(26)17(10-12)25(30,31)32/h2-6,9-11,13-14,20-22,34-35H,7-8H2,1H3,(H,33,36)/b16-11-/t13?,14?,20-,21?,22?/m0/s1. The molecule has 0 aromatic heterocycles. The van der Waals surface area contributed by atoms with Crippen molar-refractivity contribution in [2.75, 3.05) is 12.4 Å². The minimum Gasteiger partial charge on any atom is -0.496 e. The van der Waals surface area contributed by atoms with Crippen molar-refractivity contribution in [3.8, 4) is 5.75 Å². The second kappa shape index (κ2) is 9.97. The van der Waals surface area contributed by atoms with Crippen molar-refractivity contribution in [1.29, 1.82) is 0 Å². The van der Waals surface area contributed by atoms with Gasteiger partial charge in [0.1, 0.15) is 17.8 Å². The van der Waals surface area contributed by atoms with Crippen molar-refractivity contribution in [1.82, 2.24) is 5.32 Å². The number of alkyl halides is 6. The van der Waals surface area contributed by atoms with E-state index in [9.17, 15) is 40.6 Å². The van der Waals surface area contributed by atoms with Crippen molar-refractivity contribution in [2.45, 2.75) is 37.5 Å². The Morgan fingerprint density at radius 2 is 1.76 bits per heavy atom. The number of carbonyl (C=O) groups is 1. The summed E-state index contributed by atoms with van der Waals surface area (Å²) in [5, 5.41) is 16.0. The number of hydrogen-bond acceptors (Lipinski definition) is 4. The van der Waals surface area contributed by atoms with E-state index in [1.165, 1.54) is 7.11 Å². The zero-order chi connectivity index (χ0) is 27.1. The number of hydrogen-bond donors (Lipinski definition) is 3. The lowest BCUT2D eigenvalue weighted by Gasteiger charge is -2.32. The zero-order valence-electron chi connectivity index (χ0n) is 19.3. The molecule has 2 fully saturated rings. The van der Waals surface area contributed by atoms with Gasteiger partial charge in [-0.3, -0.25) is 10.1 Å². The fourth-order valence-corrected chi connectivity index (χ4v) is 5.42. The van der Waals surface area contributed by atoms with Gasteiger partial charge in [0, 0.05) is 23.4 Å². The summed E-state index contributed by atoms with van der Waals surface area (Å²) in [6.45, 7) is 0. The molecule has 2 saturated carbocycles. The first-order valence-corrected chi connectivity index (χ1v) is 11.3. The number of fused-ring (bicyclic) bond motifs is 2. The maximum Gasteiger partial charge on any atom is 0.419 e. The molecular formula is C25H23F7N2O3. The van der Waals surface area contributed by atoms with Crippen LogP contribution in [0.15, 0.2) is 54.1 Å². The van der Waals surface area contributed by atoms with Crippen LogP contribution in [0.2, 0.25) is 0 Å². The molecule has 3 N–H and O–H groups in total. The lowest BCUT2D eigenvalue weighted by atomic mass is 9.83. The second-order valence-corrected chi connectivity index (χ2v) is 9.02. The van der Waals surface area contributed by atoms with Gasteiger partial charge in [-0.05, 0) is 48.9 Å². The van der Waals surface area contributed by atoms with Crippen molar-refractivity contribution >= 4 is 11.6 Å². The maximum absolute atomic E-state index is 13.7. The predicted molar refractivity (Wildman–Crippen MR) is 119 cm³/mol. The van der Waals surface area contributed by atoms with Crippen molar-refractivity contribution in [2.24, 2.45) is 17.8 Å². The molecule has 2 aliphatic rings. The minimum absolute atomic E-state index is 0.00698. The maximum atomic E-state index is 13.7. The molecule has 0 saturated heterocycles. The Morgan fingerprint density at radius 3 is 2.41 bits per heavy atom. The fraction of sp³-hybridized carbons (Fsp3) is 0.400. The highest BCUT2D eigenvalue weighted by Gasteiger charge is 2.55. The number of aliphatic hydroxyl groups is 1. The summed E-state index contributed by atoms with van der Waals surface area (Å²) in [7, 11) is 1.38. The zero-order valence-corrected chi connectivity index (χ0v) is 19.3. The number of amides is 1. The number of para-hydroxylation sites is 1. The average molecular weight is 532 g/mol. The lowest BCUT2D eigenvalue weighted by molar-refractivity contribution is -0.140. The van der Waals surface area contributed by atoms with Crippen LogP contribution in [0.3, 0.4) is 0 Å². The molecule has 2 aromatic carbocycles. The summed E-state index contributed by atoms with van der Waals surface area (Å²) < 4.78 is 98.1. The molecule has 0 heterocycles. The van der Waals surface area contributed by atoms with Crippen molar-refractivity contribution in [3.63, 3.8) is 0 Å². The highest BCUT2D eigenvalue weighted by molar-refractivity contribution is 5.94. The van der Waals surface area contributed by atoms with E-state index >= 15 is 0 Å². The van der Waals surface area contributed by atoms with Gasteiger partial charge in [0.2, 0.25) is 5.91 Å². The van der Waals surface area contributed by atoms with Crippen LogP contribution in [0.4, 0.5) is 36.4 Å². The molecule has 0 aliphatic heterocycles. The number of rotatable bonds is 6. The number of allylic oxidation sites excluding steroid dienone is 1. The van der Waals surface area contributed by atoms with Gasteiger partial charge in [-0.15, -0.1) is 0 Å². The topological polar surface area (TPSA) is 70.6 Å². The number of nitrogens with one attached hydrogen (secondary N) is 2. The predicted octanol–water partition coefficient (Wildman–Crippen LogP) is 5.59. The number of anilines is 1. The monoisotopic (exact) mass is 532 g/mol. The van der Waals surface area contributed by atoms with Gasteiger partial charge in [-0.25, -0.2) is 4.39 Å². The van der Waals surface area contributed by atoms with Crippen LogP contribution in [-0.4, -0.2) is 30.3 Å². The Balaban J connectivity index is 1.66. The van der Waals surface area contributed by atoms with E-state index in [1.54, 1.807) is 24.3 Å². The Bertz CT molecular complexity index is 1200. The Kier molecular flexibility index (Phi) is 7.26. The van der Waals surface area contributed by atoms with E-state index < -0.39 is 59.7 Å². The number of carbonyl (C=O) groups excluding carboxylic acids is 1. The van der Waals surface area contributed by atoms with Crippen molar-refractivity contribution < 1.29 is 45.4 Å². The largest absolute Gasteiger partial charge is 0.496 e. The molecular weight excluding hydrogens is 509 g/mol. The summed E-state index contributed by atoms with van der Waals surface area (Å²) in [6.07, 6.45) is -10.3. The SMILES string of the molecule is COc1ccccc1C(O)NC1C2CCC(/C2=C/C(F)(F)F)[C@@H]1C(=O)Nc1ccc(F)c(C(F)(F)F)c1. The Morgan fingerprint density at radius 1 is 1.08 bits per heavy atom. The number of aliphatic hydroxyl groups excluding tert-OH is 1. The van der Waals surface area contributed by atoms with E-state index in [2.05, 4.69) is 10.6 Å². The first-order valence-electron chi connectivity index (χ1n) is 11.3. The second-order valence-electron chi connectivity index (χ2n) is 9.02. The lowest BCUT2D eigenvalue weighted by Crippen LogP contribution is -2.47. The Hall–Kier alpha value is -3.12. The third-order valence-corrected chi connectivity index (χ3v) is 6.86. The van der Waals surface area contributed by atoms with Crippen LogP contribution < -0.4 is 15.4 Å². The van der Waals surface area contributed by atoms with Gasteiger partial charge < -0.3 is 15.2 Å². The van der Waals surface area contributed by atoms with Crippen LogP contribution in [-0.2, 0) is 11.0 Å². The van der Waals surface area contributed by atoms with Crippen LogP contribution in [0.1, 0.15) is 30.2 Å². The Labute approximate surface area is 207 Å². The first kappa shape index (κ1) is 26.9. The van der Waals surface area contributed by atoms with E-state index in [-0.39, 0.29) is 23.8 Å². The van der Waals surface area contributed by atoms with Gasteiger partial charge in [0.05, 0.1) is 18.6 Å². The third-order valence-electron chi connectivity index (χ3n) is 6.86. The summed E-state index contributed by atoms with van der Waals surface area (Å²) in [5.41, 5.74) is -1.65.